The molecule has 0 bridgehead atoms. The molecule has 0 saturated heterocycles. The van der Waals surface area contributed by atoms with Crippen LogP contribution in [0.4, 0.5) is 0 Å². The SMILES string of the molecule is CCC(=O)/C=N\OC(=O)CC. The van der Waals surface area contributed by atoms with Crippen molar-refractivity contribution in [2.75, 3.05) is 0 Å². The molecule has 0 amide bonds. The molecule has 0 radical (unpaired) electrons. The monoisotopic (exact) mass is 157 g/mol. The number of Topliss-reactive ketones (excluding diaryl/α,β-unsaturated/α-hetero) is 1. The molecule has 0 aromatic carbocycles. The van der Waals surface area contributed by atoms with Gasteiger partial charge in [0, 0.05) is 12.8 Å². The summed E-state index contributed by atoms with van der Waals surface area (Å²) in [4.78, 5) is 25.2. The van der Waals surface area contributed by atoms with Gasteiger partial charge in [0.1, 0.15) is 6.21 Å². The molecule has 0 fully saturated rings. The maximum Gasteiger partial charge on any atom is 0.334 e. The lowest BCUT2D eigenvalue weighted by atomic mass is 10.3. The quantitative estimate of drug-likeness (QED) is 0.346. The molecule has 0 N–H and O–H groups in total. The first-order chi connectivity index (χ1) is 5.20. The Morgan fingerprint density at radius 1 is 1.36 bits per heavy atom. The van der Waals surface area contributed by atoms with Crippen LogP contribution in [0.2, 0.25) is 0 Å². The van der Waals surface area contributed by atoms with Crippen LogP contribution in [-0.2, 0) is 14.4 Å². The molecule has 0 aromatic heterocycles. The summed E-state index contributed by atoms with van der Waals surface area (Å²) in [5, 5.41) is 3.19. The molecule has 0 spiro atoms. The topological polar surface area (TPSA) is 55.7 Å². The molecule has 0 unspecified atom stereocenters. The number of hydrogen-bond donors (Lipinski definition) is 0. The Morgan fingerprint density at radius 3 is 2.45 bits per heavy atom. The molecule has 4 nitrogen and oxygen atoms in total. The highest BCUT2D eigenvalue weighted by molar-refractivity contribution is 6.27. The molecule has 0 rings (SSSR count). The van der Waals surface area contributed by atoms with Crippen molar-refractivity contribution in [1.82, 2.24) is 0 Å². The van der Waals surface area contributed by atoms with Gasteiger partial charge < -0.3 is 4.84 Å². The van der Waals surface area contributed by atoms with E-state index in [2.05, 4.69) is 9.99 Å². The Morgan fingerprint density at radius 2 is 2.00 bits per heavy atom. The fourth-order valence-corrected chi connectivity index (χ4v) is 0.300. The van der Waals surface area contributed by atoms with Crippen molar-refractivity contribution < 1.29 is 14.4 Å². The van der Waals surface area contributed by atoms with Crippen LogP contribution < -0.4 is 0 Å². The molecule has 4 heteroatoms. The Labute approximate surface area is 65.2 Å². The minimum absolute atomic E-state index is 0.158. The summed E-state index contributed by atoms with van der Waals surface area (Å²) in [6.07, 6.45) is 1.64. The Bertz CT molecular complexity index is 175. The zero-order valence-corrected chi connectivity index (χ0v) is 6.66. The molecule has 0 aliphatic rings. The van der Waals surface area contributed by atoms with Gasteiger partial charge >= 0.3 is 5.97 Å². The van der Waals surface area contributed by atoms with Gasteiger partial charge in [0.2, 0.25) is 0 Å². The minimum atomic E-state index is -0.440. The van der Waals surface area contributed by atoms with Crippen LogP contribution in [0.3, 0.4) is 0 Å². The van der Waals surface area contributed by atoms with Crippen molar-refractivity contribution in [2.24, 2.45) is 5.16 Å². The normalized spacial score (nSPS) is 10.0. The molecule has 0 aliphatic heterocycles. The second kappa shape index (κ2) is 5.58. The van der Waals surface area contributed by atoms with Crippen molar-refractivity contribution in [1.29, 1.82) is 0 Å². The summed E-state index contributed by atoms with van der Waals surface area (Å²) in [6.45, 7) is 3.36. The maximum atomic E-state index is 10.5. The number of rotatable bonds is 4. The zero-order chi connectivity index (χ0) is 8.69. The van der Waals surface area contributed by atoms with E-state index in [1.54, 1.807) is 13.8 Å². The van der Waals surface area contributed by atoms with E-state index in [1.807, 2.05) is 0 Å². The van der Waals surface area contributed by atoms with Crippen LogP contribution in [0.15, 0.2) is 5.16 Å². The van der Waals surface area contributed by atoms with Crippen molar-refractivity contribution in [3.63, 3.8) is 0 Å². The van der Waals surface area contributed by atoms with E-state index in [0.717, 1.165) is 6.21 Å². The van der Waals surface area contributed by atoms with Crippen molar-refractivity contribution in [3.8, 4) is 0 Å². The molecule has 0 saturated carbocycles. The standard InChI is InChI=1S/C7H11NO3/c1-3-6(9)5-8-11-7(10)4-2/h5H,3-4H2,1-2H3/b8-5-. The van der Waals surface area contributed by atoms with Crippen molar-refractivity contribution in [3.05, 3.63) is 0 Å². The van der Waals surface area contributed by atoms with Crippen LogP contribution >= 0.6 is 0 Å². The highest BCUT2D eigenvalue weighted by Gasteiger charge is 1.95. The van der Waals surface area contributed by atoms with Gasteiger partial charge in [-0.05, 0) is 0 Å². The van der Waals surface area contributed by atoms with Gasteiger partial charge in [-0.1, -0.05) is 19.0 Å². The smallest absolute Gasteiger partial charge is 0.318 e. The lowest BCUT2D eigenvalue weighted by Crippen LogP contribution is -2.00. The van der Waals surface area contributed by atoms with E-state index in [1.165, 1.54) is 0 Å². The fraction of sp³-hybridized carbons (Fsp3) is 0.571. The predicted octanol–water partition coefficient (Wildman–Crippen LogP) is 0.905. The molecule has 0 atom stereocenters. The number of hydrogen-bond acceptors (Lipinski definition) is 4. The van der Waals surface area contributed by atoms with Crippen LogP contribution in [0.1, 0.15) is 26.7 Å². The lowest BCUT2D eigenvalue weighted by molar-refractivity contribution is -0.143. The fourth-order valence-electron chi connectivity index (χ4n) is 0.300. The minimum Gasteiger partial charge on any atom is -0.318 e. The van der Waals surface area contributed by atoms with Gasteiger partial charge in [-0.2, -0.15) is 0 Å². The van der Waals surface area contributed by atoms with Crippen LogP contribution in [0, 0.1) is 0 Å². The third-order valence-corrected chi connectivity index (χ3v) is 0.988. The van der Waals surface area contributed by atoms with Gasteiger partial charge in [0.05, 0.1) is 0 Å². The second-order valence-corrected chi connectivity index (χ2v) is 1.87. The Balaban J connectivity index is 3.60. The maximum absolute atomic E-state index is 10.5. The lowest BCUT2D eigenvalue weighted by Gasteiger charge is -1.89. The number of carbonyl (C=O) groups excluding carboxylic acids is 2. The average molecular weight is 157 g/mol. The van der Waals surface area contributed by atoms with E-state index in [0.29, 0.717) is 6.42 Å². The summed E-state index contributed by atoms with van der Waals surface area (Å²) in [7, 11) is 0. The van der Waals surface area contributed by atoms with E-state index >= 15 is 0 Å². The van der Waals surface area contributed by atoms with Gasteiger partial charge in [-0.25, -0.2) is 4.79 Å². The summed E-state index contributed by atoms with van der Waals surface area (Å²) < 4.78 is 0. The molecule has 62 valence electrons. The third kappa shape index (κ3) is 5.26. The highest BCUT2D eigenvalue weighted by atomic mass is 16.7. The van der Waals surface area contributed by atoms with Crippen LogP contribution in [0.25, 0.3) is 0 Å². The first-order valence-electron chi connectivity index (χ1n) is 3.46. The number of ketones is 1. The molecule has 0 aliphatic carbocycles. The van der Waals surface area contributed by atoms with E-state index in [-0.39, 0.29) is 12.2 Å². The summed E-state index contributed by atoms with van der Waals surface area (Å²) in [5.74, 6) is -0.598. The largest absolute Gasteiger partial charge is 0.334 e. The van der Waals surface area contributed by atoms with Crippen LogP contribution in [0.5, 0.6) is 0 Å². The summed E-state index contributed by atoms with van der Waals surface area (Å²) in [5.41, 5.74) is 0. The highest BCUT2D eigenvalue weighted by Crippen LogP contribution is 1.84. The van der Waals surface area contributed by atoms with E-state index in [9.17, 15) is 9.59 Å². The first-order valence-corrected chi connectivity index (χ1v) is 3.46. The first kappa shape index (κ1) is 9.81. The molecule has 11 heavy (non-hydrogen) atoms. The molecule has 0 heterocycles. The van der Waals surface area contributed by atoms with Gasteiger partial charge in [-0.3, -0.25) is 4.79 Å². The number of oxime groups is 1. The summed E-state index contributed by atoms with van der Waals surface area (Å²) >= 11 is 0. The van der Waals surface area contributed by atoms with Gasteiger partial charge in [0.15, 0.2) is 5.78 Å². The predicted molar refractivity (Wildman–Crippen MR) is 40.2 cm³/mol. The van der Waals surface area contributed by atoms with Crippen molar-refractivity contribution >= 4 is 18.0 Å². The van der Waals surface area contributed by atoms with Gasteiger partial charge in [-0.15, -0.1) is 0 Å². The van der Waals surface area contributed by atoms with Gasteiger partial charge in [0.25, 0.3) is 0 Å². The third-order valence-electron chi connectivity index (χ3n) is 0.988. The summed E-state index contributed by atoms with van der Waals surface area (Å²) in [6, 6.07) is 0. The van der Waals surface area contributed by atoms with E-state index in [4.69, 9.17) is 0 Å². The van der Waals surface area contributed by atoms with Crippen molar-refractivity contribution in [2.45, 2.75) is 26.7 Å². The van der Waals surface area contributed by atoms with Crippen LogP contribution in [-0.4, -0.2) is 18.0 Å². The molecular formula is C7H11NO3. The average Bonchev–Trinajstić information content (AvgIpc) is 2.04. The zero-order valence-electron chi connectivity index (χ0n) is 6.66. The van der Waals surface area contributed by atoms with E-state index < -0.39 is 5.97 Å². The molecular weight excluding hydrogens is 146 g/mol. The number of nitrogens with zero attached hydrogens (tertiary/aromatic N) is 1. The second-order valence-electron chi connectivity index (χ2n) is 1.87. The Hall–Kier alpha value is -1.19. The molecule has 0 aromatic rings. The number of carbonyl (C=O) groups is 2. The Kier molecular flexibility index (Phi) is 4.98.